The fraction of sp³-hybridized carbons (Fsp3) is 0.120. The Morgan fingerprint density at radius 2 is 1.71 bits per heavy atom. The standard InChI is InChI=1S/C25H22ClN3OS/c1-17(28-29-25-27-24(18(2)31-25)21-6-4-3-5-7-21)20-10-14-23(15-11-20)30-16-19-8-12-22(26)13-9-19/h3-15H,16H2,1-2H3,(H,27,29)/b28-17-. The first-order valence-corrected chi connectivity index (χ1v) is 11.1. The Hall–Kier alpha value is -3.15. The lowest BCUT2D eigenvalue weighted by Crippen LogP contribution is -2.00. The molecule has 0 radical (unpaired) electrons. The van der Waals surface area contributed by atoms with Crippen LogP contribution in [0.2, 0.25) is 5.02 Å². The van der Waals surface area contributed by atoms with Crippen molar-refractivity contribution >= 4 is 33.8 Å². The number of ether oxygens (including phenoxy) is 1. The van der Waals surface area contributed by atoms with Crippen LogP contribution in [-0.4, -0.2) is 10.7 Å². The quantitative estimate of drug-likeness (QED) is 0.241. The van der Waals surface area contributed by atoms with Crippen molar-refractivity contribution < 1.29 is 4.74 Å². The molecule has 4 aromatic rings. The molecule has 4 nitrogen and oxygen atoms in total. The van der Waals surface area contributed by atoms with Crippen LogP contribution < -0.4 is 10.2 Å². The second-order valence-corrected chi connectivity index (χ2v) is 8.68. The first-order chi connectivity index (χ1) is 15.1. The maximum atomic E-state index is 5.92. The molecule has 0 aliphatic rings. The summed E-state index contributed by atoms with van der Waals surface area (Å²) in [5.74, 6) is 0.808. The highest BCUT2D eigenvalue weighted by atomic mass is 35.5. The van der Waals surface area contributed by atoms with Gasteiger partial charge in [-0.3, -0.25) is 5.43 Å². The number of aryl methyl sites for hydroxylation is 1. The average molecular weight is 448 g/mol. The Kier molecular flexibility index (Phi) is 6.65. The zero-order valence-electron chi connectivity index (χ0n) is 17.3. The van der Waals surface area contributed by atoms with Crippen LogP contribution in [0.5, 0.6) is 5.75 Å². The third-order valence-electron chi connectivity index (χ3n) is 4.75. The summed E-state index contributed by atoms with van der Waals surface area (Å²) in [6, 6.07) is 25.7. The third kappa shape index (κ3) is 5.51. The Morgan fingerprint density at radius 1 is 1.00 bits per heavy atom. The van der Waals surface area contributed by atoms with Gasteiger partial charge in [-0.15, -0.1) is 11.3 Å². The monoisotopic (exact) mass is 447 g/mol. The van der Waals surface area contributed by atoms with Crippen LogP contribution in [0.15, 0.2) is 84.0 Å². The lowest BCUT2D eigenvalue weighted by molar-refractivity contribution is 0.306. The van der Waals surface area contributed by atoms with Crippen molar-refractivity contribution in [2.45, 2.75) is 20.5 Å². The lowest BCUT2D eigenvalue weighted by atomic mass is 10.1. The van der Waals surface area contributed by atoms with Gasteiger partial charge < -0.3 is 4.74 Å². The molecule has 6 heteroatoms. The van der Waals surface area contributed by atoms with E-state index in [-0.39, 0.29) is 0 Å². The van der Waals surface area contributed by atoms with Gasteiger partial charge in [-0.25, -0.2) is 4.98 Å². The van der Waals surface area contributed by atoms with Gasteiger partial charge in [0.1, 0.15) is 12.4 Å². The number of anilines is 1. The molecule has 0 bridgehead atoms. The van der Waals surface area contributed by atoms with Gasteiger partial charge in [-0.1, -0.05) is 54.1 Å². The Morgan fingerprint density at radius 3 is 2.42 bits per heavy atom. The summed E-state index contributed by atoms with van der Waals surface area (Å²) < 4.78 is 5.85. The number of halogens is 1. The molecule has 0 aliphatic carbocycles. The molecular weight excluding hydrogens is 426 g/mol. The Balaban J connectivity index is 1.38. The molecular formula is C25H22ClN3OS. The van der Waals surface area contributed by atoms with Crippen molar-refractivity contribution in [2.24, 2.45) is 5.10 Å². The number of nitrogens with one attached hydrogen (secondary N) is 1. The molecule has 0 fully saturated rings. The summed E-state index contributed by atoms with van der Waals surface area (Å²) in [5, 5.41) is 6.00. The second-order valence-electron chi connectivity index (χ2n) is 7.04. The molecule has 1 aromatic heterocycles. The minimum atomic E-state index is 0.498. The van der Waals surface area contributed by atoms with Crippen molar-refractivity contribution in [2.75, 3.05) is 5.43 Å². The normalized spacial score (nSPS) is 11.4. The summed E-state index contributed by atoms with van der Waals surface area (Å²) in [7, 11) is 0. The Bertz CT molecular complexity index is 1170. The highest BCUT2D eigenvalue weighted by Gasteiger charge is 2.09. The van der Waals surface area contributed by atoms with Crippen LogP contribution in [0.3, 0.4) is 0 Å². The third-order valence-corrected chi connectivity index (χ3v) is 5.88. The lowest BCUT2D eigenvalue weighted by Gasteiger charge is -2.08. The number of hydrogen-bond acceptors (Lipinski definition) is 5. The van der Waals surface area contributed by atoms with Gasteiger partial charge >= 0.3 is 0 Å². The van der Waals surface area contributed by atoms with Gasteiger partial charge in [0.25, 0.3) is 0 Å². The van der Waals surface area contributed by atoms with Crippen molar-refractivity contribution in [1.82, 2.24) is 4.98 Å². The van der Waals surface area contributed by atoms with Gasteiger partial charge in [-0.05, 0) is 61.4 Å². The molecule has 0 spiro atoms. The molecule has 156 valence electrons. The van der Waals surface area contributed by atoms with E-state index in [0.717, 1.165) is 48.9 Å². The van der Waals surface area contributed by atoms with E-state index in [0.29, 0.717) is 6.61 Å². The minimum absolute atomic E-state index is 0.498. The number of rotatable bonds is 7. The summed E-state index contributed by atoms with van der Waals surface area (Å²) in [6.07, 6.45) is 0. The fourth-order valence-corrected chi connectivity index (χ4v) is 3.95. The fourth-order valence-electron chi connectivity index (χ4n) is 3.04. The van der Waals surface area contributed by atoms with E-state index in [1.165, 1.54) is 0 Å². The average Bonchev–Trinajstić information content (AvgIpc) is 3.18. The number of thiazole rings is 1. The molecule has 0 unspecified atom stereocenters. The summed E-state index contributed by atoms with van der Waals surface area (Å²) in [6.45, 7) is 4.54. The van der Waals surface area contributed by atoms with E-state index in [1.54, 1.807) is 11.3 Å². The van der Waals surface area contributed by atoms with Gasteiger partial charge in [0.05, 0.1) is 11.4 Å². The molecule has 31 heavy (non-hydrogen) atoms. The molecule has 1 N–H and O–H groups in total. The number of hydrazone groups is 1. The van der Waals surface area contributed by atoms with Gasteiger partial charge in [0.2, 0.25) is 5.13 Å². The molecule has 0 aliphatic heterocycles. The highest BCUT2D eigenvalue weighted by molar-refractivity contribution is 7.16. The van der Waals surface area contributed by atoms with Gasteiger partial charge in [0, 0.05) is 15.5 Å². The molecule has 3 aromatic carbocycles. The molecule has 0 saturated heterocycles. The van der Waals surface area contributed by atoms with E-state index in [4.69, 9.17) is 21.3 Å². The van der Waals surface area contributed by atoms with Crippen LogP contribution in [0.25, 0.3) is 11.3 Å². The highest BCUT2D eigenvalue weighted by Crippen LogP contribution is 2.30. The van der Waals surface area contributed by atoms with E-state index < -0.39 is 0 Å². The Labute approximate surface area is 191 Å². The topological polar surface area (TPSA) is 46.5 Å². The SMILES string of the molecule is C/C(=N/Nc1nc(-c2ccccc2)c(C)s1)c1ccc(OCc2ccc(Cl)cc2)cc1. The predicted octanol–water partition coefficient (Wildman–Crippen LogP) is 7.19. The zero-order valence-corrected chi connectivity index (χ0v) is 18.9. The summed E-state index contributed by atoms with van der Waals surface area (Å²) in [5.41, 5.74) is 8.16. The smallest absolute Gasteiger partial charge is 0.204 e. The molecule has 1 heterocycles. The first-order valence-electron chi connectivity index (χ1n) is 9.89. The zero-order chi connectivity index (χ0) is 21.6. The maximum Gasteiger partial charge on any atom is 0.204 e. The maximum absolute atomic E-state index is 5.92. The number of benzene rings is 3. The van der Waals surface area contributed by atoms with Crippen LogP contribution in [0, 0.1) is 6.92 Å². The summed E-state index contributed by atoms with van der Waals surface area (Å²) in [4.78, 5) is 5.85. The van der Waals surface area contributed by atoms with Gasteiger partial charge in [0.15, 0.2) is 0 Å². The minimum Gasteiger partial charge on any atom is -0.489 e. The van der Waals surface area contributed by atoms with Crippen molar-refractivity contribution in [3.8, 4) is 17.0 Å². The molecule has 0 saturated carbocycles. The van der Waals surface area contributed by atoms with Crippen molar-refractivity contribution in [1.29, 1.82) is 0 Å². The summed E-state index contributed by atoms with van der Waals surface area (Å²) >= 11 is 7.51. The largest absolute Gasteiger partial charge is 0.489 e. The van der Waals surface area contributed by atoms with Crippen LogP contribution in [-0.2, 0) is 6.61 Å². The molecule has 0 amide bonds. The van der Waals surface area contributed by atoms with E-state index in [9.17, 15) is 0 Å². The van der Waals surface area contributed by atoms with Crippen LogP contribution in [0.1, 0.15) is 22.9 Å². The molecule has 0 atom stereocenters. The van der Waals surface area contributed by atoms with E-state index in [2.05, 4.69) is 29.6 Å². The van der Waals surface area contributed by atoms with Crippen molar-refractivity contribution in [3.05, 3.63) is 99.9 Å². The van der Waals surface area contributed by atoms with E-state index >= 15 is 0 Å². The predicted molar refractivity (Wildman–Crippen MR) is 130 cm³/mol. The van der Waals surface area contributed by atoms with Crippen molar-refractivity contribution in [3.63, 3.8) is 0 Å². The van der Waals surface area contributed by atoms with E-state index in [1.807, 2.05) is 73.7 Å². The molecule has 4 rings (SSSR count). The first kappa shape index (κ1) is 21.1. The second kappa shape index (κ2) is 9.77. The van der Waals surface area contributed by atoms with Crippen LogP contribution >= 0.6 is 22.9 Å². The van der Waals surface area contributed by atoms with Crippen LogP contribution in [0.4, 0.5) is 5.13 Å². The van der Waals surface area contributed by atoms with Gasteiger partial charge in [-0.2, -0.15) is 5.10 Å². The number of aromatic nitrogens is 1. The number of hydrogen-bond donors (Lipinski definition) is 1. The number of nitrogens with zero attached hydrogens (tertiary/aromatic N) is 2.